The van der Waals surface area contributed by atoms with Crippen LogP contribution in [-0.2, 0) is 4.74 Å². The molecule has 1 unspecified atom stereocenters. The van der Waals surface area contributed by atoms with Crippen LogP contribution in [0.3, 0.4) is 0 Å². The third-order valence-corrected chi connectivity index (χ3v) is 4.89. The number of halogens is 1. The van der Waals surface area contributed by atoms with Gasteiger partial charge in [0.2, 0.25) is 0 Å². The summed E-state index contributed by atoms with van der Waals surface area (Å²) in [6.07, 6.45) is 2.59. The van der Waals surface area contributed by atoms with Gasteiger partial charge in [-0.2, -0.15) is 0 Å². The maximum absolute atomic E-state index is 13.3. The van der Waals surface area contributed by atoms with Crippen molar-refractivity contribution in [1.29, 1.82) is 0 Å². The van der Waals surface area contributed by atoms with E-state index >= 15 is 0 Å². The Balaban J connectivity index is 1.70. The number of hydrogen-bond donors (Lipinski definition) is 3. The average molecular weight is 366 g/mol. The Bertz CT molecular complexity index is 576. The summed E-state index contributed by atoms with van der Waals surface area (Å²) in [4.78, 5) is 6.29. The number of ether oxygens (including phenoxy) is 1. The van der Waals surface area contributed by atoms with Crippen LogP contribution in [0.15, 0.2) is 29.3 Å². The van der Waals surface area contributed by atoms with Crippen LogP contribution in [0.5, 0.6) is 0 Å². The van der Waals surface area contributed by atoms with Crippen LogP contribution in [0, 0.1) is 11.2 Å². The van der Waals surface area contributed by atoms with Gasteiger partial charge in [0.15, 0.2) is 5.96 Å². The second-order valence-corrected chi connectivity index (χ2v) is 6.88. The highest BCUT2D eigenvalue weighted by molar-refractivity contribution is 5.79. The highest BCUT2D eigenvalue weighted by atomic mass is 19.1. The van der Waals surface area contributed by atoms with Crippen LogP contribution < -0.4 is 15.5 Å². The van der Waals surface area contributed by atoms with Crippen molar-refractivity contribution in [3.8, 4) is 0 Å². The molecule has 1 aliphatic heterocycles. The summed E-state index contributed by atoms with van der Waals surface area (Å²) in [6, 6.07) is 6.62. The van der Waals surface area contributed by atoms with E-state index in [1.165, 1.54) is 12.1 Å². The first kappa shape index (κ1) is 20.5. The summed E-state index contributed by atoms with van der Waals surface area (Å²) < 4.78 is 18.8. The molecule has 0 bridgehead atoms. The zero-order valence-electron chi connectivity index (χ0n) is 15.8. The molecule has 7 heteroatoms. The lowest BCUT2D eigenvalue weighted by Gasteiger charge is -2.27. The van der Waals surface area contributed by atoms with Crippen molar-refractivity contribution >= 4 is 11.6 Å². The first-order chi connectivity index (χ1) is 12.6. The number of aliphatic hydroxyl groups excluding tert-OH is 1. The van der Waals surface area contributed by atoms with Gasteiger partial charge in [-0.05, 0) is 37.5 Å². The predicted molar refractivity (Wildman–Crippen MR) is 103 cm³/mol. The third kappa shape index (κ3) is 6.14. The molecule has 0 aromatic heterocycles. The fraction of sp³-hybridized carbons (Fsp3) is 0.632. The Kier molecular flexibility index (Phi) is 8.12. The van der Waals surface area contributed by atoms with Crippen molar-refractivity contribution in [2.24, 2.45) is 10.4 Å². The molecule has 2 rings (SSSR count). The summed E-state index contributed by atoms with van der Waals surface area (Å²) in [5.74, 6) is 0.535. The van der Waals surface area contributed by atoms with E-state index in [-0.39, 0.29) is 17.8 Å². The molecule has 3 N–H and O–H groups in total. The van der Waals surface area contributed by atoms with E-state index in [1.807, 2.05) is 18.0 Å². The lowest BCUT2D eigenvalue weighted by atomic mass is 9.84. The summed E-state index contributed by atoms with van der Waals surface area (Å²) in [5, 5.41) is 15.9. The molecule has 1 aromatic carbocycles. The van der Waals surface area contributed by atoms with Crippen LogP contribution in [-0.4, -0.2) is 64.6 Å². The molecular formula is C19H31FN4O2. The molecule has 146 valence electrons. The first-order valence-corrected chi connectivity index (χ1v) is 9.18. The SMILES string of the molecule is CN=C(NCCCN(C)c1cccc(F)c1)NCC1(CCO)CCOC1. The Morgan fingerprint density at radius 2 is 2.27 bits per heavy atom. The number of anilines is 1. The average Bonchev–Trinajstić information content (AvgIpc) is 3.10. The van der Waals surface area contributed by atoms with Gasteiger partial charge < -0.3 is 25.4 Å². The summed E-state index contributed by atoms with van der Waals surface area (Å²) >= 11 is 0. The normalized spacial score (nSPS) is 20.2. The molecule has 1 aliphatic rings. The van der Waals surface area contributed by atoms with E-state index < -0.39 is 0 Å². The van der Waals surface area contributed by atoms with Crippen molar-refractivity contribution in [3.63, 3.8) is 0 Å². The monoisotopic (exact) mass is 366 g/mol. The maximum atomic E-state index is 13.3. The van der Waals surface area contributed by atoms with E-state index in [2.05, 4.69) is 15.6 Å². The molecule has 1 fully saturated rings. The Morgan fingerprint density at radius 3 is 2.92 bits per heavy atom. The zero-order chi connectivity index (χ0) is 18.8. The molecule has 6 nitrogen and oxygen atoms in total. The second kappa shape index (κ2) is 10.3. The van der Waals surface area contributed by atoms with E-state index in [9.17, 15) is 9.50 Å². The van der Waals surface area contributed by atoms with Crippen molar-refractivity contribution in [1.82, 2.24) is 10.6 Å². The van der Waals surface area contributed by atoms with E-state index in [0.717, 1.165) is 57.2 Å². The number of nitrogens with zero attached hydrogens (tertiary/aromatic N) is 2. The topological polar surface area (TPSA) is 69.1 Å². The molecule has 0 amide bonds. The maximum Gasteiger partial charge on any atom is 0.190 e. The molecule has 0 spiro atoms. The molecule has 1 heterocycles. The largest absolute Gasteiger partial charge is 0.396 e. The molecule has 26 heavy (non-hydrogen) atoms. The summed E-state index contributed by atoms with van der Waals surface area (Å²) in [6.45, 7) is 3.91. The fourth-order valence-corrected chi connectivity index (χ4v) is 3.17. The summed E-state index contributed by atoms with van der Waals surface area (Å²) in [5.41, 5.74) is 0.865. The molecule has 1 saturated heterocycles. The minimum Gasteiger partial charge on any atom is -0.396 e. The lowest BCUT2D eigenvalue weighted by Crippen LogP contribution is -2.45. The van der Waals surface area contributed by atoms with E-state index in [0.29, 0.717) is 6.61 Å². The fourth-order valence-electron chi connectivity index (χ4n) is 3.17. The highest BCUT2D eigenvalue weighted by Gasteiger charge is 2.34. The van der Waals surface area contributed by atoms with Gasteiger partial charge in [-0.3, -0.25) is 4.99 Å². The van der Waals surface area contributed by atoms with Crippen LogP contribution >= 0.6 is 0 Å². The molecule has 0 saturated carbocycles. The van der Waals surface area contributed by atoms with Crippen LogP contribution in [0.4, 0.5) is 10.1 Å². The minimum atomic E-state index is -0.218. The molecule has 1 atom stereocenters. The van der Waals surface area contributed by atoms with Gasteiger partial charge in [-0.25, -0.2) is 4.39 Å². The van der Waals surface area contributed by atoms with Crippen molar-refractivity contribution < 1.29 is 14.2 Å². The van der Waals surface area contributed by atoms with Gasteiger partial charge in [0.1, 0.15) is 5.82 Å². The number of guanidine groups is 1. The predicted octanol–water partition coefficient (Wildman–Crippen LogP) is 1.61. The van der Waals surface area contributed by atoms with Gasteiger partial charge in [0.25, 0.3) is 0 Å². The smallest absolute Gasteiger partial charge is 0.190 e. The minimum absolute atomic E-state index is 0.00995. The Morgan fingerprint density at radius 1 is 1.42 bits per heavy atom. The van der Waals surface area contributed by atoms with E-state index in [1.54, 1.807) is 13.1 Å². The van der Waals surface area contributed by atoms with Gasteiger partial charge in [0, 0.05) is 58.0 Å². The standard InChI is InChI=1S/C19H31FN4O2/c1-21-18(23-14-19(7-11-25)8-12-26-15-19)22-9-4-10-24(2)17-6-3-5-16(20)13-17/h3,5-6,13,25H,4,7-12,14-15H2,1-2H3,(H2,21,22,23). The Hall–Kier alpha value is -1.86. The van der Waals surface area contributed by atoms with Crippen LogP contribution in [0.2, 0.25) is 0 Å². The quantitative estimate of drug-likeness (QED) is 0.352. The first-order valence-electron chi connectivity index (χ1n) is 9.18. The molecule has 0 radical (unpaired) electrons. The molecular weight excluding hydrogens is 335 g/mol. The van der Waals surface area contributed by atoms with Gasteiger partial charge in [-0.1, -0.05) is 6.07 Å². The number of hydrogen-bond acceptors (Lipinski definition) is 4. The highest BCUT2D eigenvalue weighted by Crippen LogP contribution is 2.31. The zero-order valence-corrected chi connectivity index (χ0v) is 15.8. The van der Waals surface area contributed by atoms with Crippen molar-refractivity contribution in [3.05, 3.63) is 30.1 Å². The Labute approximate surface area is 155 Å². The third-order valence-electron chi connectivity index (χ3n) is 4.89. The van der Waals surface area contributed by atoms with Crippen molar-refractivity contribution in [2.45, 2.75) is 19.3 Å². The second-order valence-electron chi connectivity index (χ2n) is 6.88. The number of nitrogens with one attached hydrogen (secondary N) is 2. The van der Waals surface area contributed by atoms with Gasteiger partial charge in [-0.15, -0.1) is 0 Å². The lowest BCUT2D eigenvalue weighted by molar-refractivity contribution is 0.127. The number of rotatable bonds is 9. The van der Waals surface area contributed by atoms with Gasteiger partial charge in [0.05, 0.1) is 6.61 Å². The summed E-state index contributed by atoms with van der Waals surface area (Å²) in [7, 11) is 3.71. The van der Waals surface area contributed by atoms with Crippen LogP contribution in [0.1, 0.15) is 19.3 Å². The number of aliphatic imine (C=N–C) groups is 1. The van der Waals surface area contributed by atoms with Gasteiger partial charge >= 0.3 is 0 Å². The van der Waals surface area contributed by atoms with Crippen LogP contribution in [0.25, 0.3) is 0 Å². The van der Waals surface area contributed by atoms with E-state index in [4.69, 9.17) is 4.74 Å². The number of benzene rings is 1. The molecule has 0 aliphatic carbocycles. The molecule has 1 aromatic rings. The van der Waals surface area contributed by atoms with Crippen molar-refractivity contribution in [2.75, 3.05) is 58.5 Å². The number of aliphatic hydroxyl groups is 1.